The third kappa shape index (κ3) is 4.16. The van der Waals surface area contributed by atoms with Gasteiger partial charge in [0.25, 0.3) is 11.8 Å². The fourth-order valence-corrected chi connectivity index (χ4v) is 7.08. The van der Waals surface area contributed by atoms with Gasteiger partial charge in [-0.1, -0.05) is 13.3 Å². The van der Waals surface area contributed by atoms with E-state index < -0.39 is 15.9 Å². The minimum Gasteiger partial charge on any atom is -0.364 e. The van der Waals surface area contributed by atoms with Crippen LogP contribution >= 0.6 is 11.3 Å². The van der Waals surface area contributed by atoms with Crippen molar-refractivity contribution in [3.8, 4) is 0 Å². The molecule has 0 radical (unpaired) electrons. The van der Waals surface area contributed by atoms with E-state index in [1.54, 1.807) is 23.3 Å². The standard InChI is InChI=1S/C21H28N4O4S2/c1-3-14-4-5-18-15(10-14)11-19(30-18)21(27)24-6-8-25(9-7-24)31(28,29)16-12-17(20(22)26)23(2)13-16/h11-14H,3-10H2,1-2H3,(H2,22,26)/t14-/m1/s1. The Bertz CT molecular complexity index is 1110. The van der Waals surface area contributed by atoms with Crippen molar-refractivity contribution in [2.24, 2.45) is 18.7 Å². The van der Waals surface area contributed by atoms with Crippen LogP contribution in [0.4, 0.5) is 0 Å². The Balaban J connectivity index is 1.43. The molecular weight excluding hydrogens is 436 g/mol. The van der Waals surface area contributed by atoms with Gasteiger partial charge in [-0.15, -0.1) is 11.3 Å². The quantitative estimate of drug-likeness (QED) is 0.729. The maximum Gasteiger partial charge on any atom is 0.265 e. The van der Waals surface area contributed by atoms with Crippen LogP contribution < -0.4 is 5.73 Å². The van der Waals surface area contributed by atoms with Gasteiger partial charge in [-0.3, -0.25) is 9.59 Å². The molecule has 1 fully saturated rings. The van der Waals surface area contributed by atoms with Crippen molar-refractivity contribution in [1.82, 2.24) is 13.8 Å². The highest BCUT2D eigenvalue weighted by atomic mass is 32.2. The Morgan fingerprint density at radius 3 is 2.52 bits per heavy atom. The van der Waals surface area contributed by atoms with Crippen molar-refractivity contribution in [1.29, 1.82) is 0 Å². The molecule has 10 heteroatoms. The fourth-order valence-electron chi connectivity index (χ4n) is 4.41. The van der Waals surface area contributed by atoms with Gasteiger partial charge in [0, 0.05) is 44.3 Å². The van der Waals surface area contributed by atoms with Crippen molar-refractivity contribution in [3.05, 3.63) is 39.3 Å². The predicted octanol–water partition coefficient (Wildman–Crippen LogP) is 1.85. The molecule has 1 saturated heterocycles. The molecule has 0 bridgehead atoms. The van der Waals surface area contributed by atoms with Crippen molar-refractivity contribution >= 4 is 33.2 Å². The SMILES string of the molecule is CC[C@@H]1CCc2sc(C(=O)N3CCN(S(=O)(=O)c4cc(C(N)=O)n(C)c4)CC3)cc2C1. The van der Waals surface area contributed by atoms with Crippen LogP contribution in [0.2, 0.25) is 0 Å². The van der Waals surface area contributed by atoms with E-state index in [-0.39, 0.29) is 29.6 Å². The van der Waals surface area contributed by atoms with Crippen molar-refractivity contribution < 1.29 is 18.0 Å². The van der Waals surface area contributed by atoms with Gasteiger partial charge in [-0.2, -0.15) is 4.31 Å². The topological polar surface area (TPSA) is 106 Å². The van der Waals surface area contributed by atoms with Crippen LogP contribution in [0.5, 0.6) is 0 Å². The maximum atomic E-state index is 13.0. The molecule has 1 atom stereocenters. The van der Waals surface area contributed by atoms with Gasteiger partial charge >= 0.3 is 0 Å². The van der Waals surface area contributed by atoms with E-state index >= 15 is 0 Å². The van der Waals surface area contributed by atoms with E-state index in [1.165, 1.54) is 38.0 Å². The van der Waals surface area contributed by atoms with Gasteiger partial charge in [-0.05, 0) is 42.9 Å². The molecule has 0 aromatic carbocycles. The van der Waals surface area contributed by atoms with Gasteiger partial charge in [0.05, 0.1) is 4.88 Å². The van der Waals surface area contributed by atoms with Crippen LogP contribution in [0.25, 0.3) is 0 Å². The number of nitrogens with zero attached hydrogens (tertiary/aromatic N) is 3. The highest BCUT2D eigenvalue weighted by molar-refractivity contribution is 7.89. The smallest absolute Gasteiger partial charge is 0.265 e. The number of fused-ring (bicyclic) bond motifs is 1. The first-order valence-corrected chi connectivity index (χ1v) is 12.8. The third-order valence-corrected chi connectivity index (χ3v) is 9.46. The van der Waals surface area contributed by atoms with Crippen molar-refractivity contribution in [2.75, 3.05) is 26.2 Å². The number of sulfonamides is 1. The van der Waals surface area contributed by atoms with E-state index in [2.05, 4.69) is 6.92 Å². The summed E-state index contributed by atoms with van der Waals surface area (Å²) >= 11 is 1.59. The number of hydrogen-bond donors (Lipinski definition) is 1. The summed E-state index contributed by atoms with van der Waals surface area (Å²) in [7, 11) is -2.17. The number of amides is 2. The molecule has 2 aromatic heterocycles. The van der Waals surface area contributed by atoms with E-state index in [0.29, 0.717) is 19.0 Å². The second kappa shape index (κ2) is 8.40. The Labute approximate surface area is 186 Å². The molecule has 1 aliphatic heterocycles. The number of carbonyl (C=O) groups excluding carboxylic acids is 2. The molecule has 2 aliphatic rings. The van der Waals surface area contributed by atoms with Crippen LogP contribution in [0.3, 0.4) is 0 Å². The third-order valence-electron chi connectivity index (χ3n) is 6.37. The Morgan fingerprint density at radius 2 is 1.90 bits per heavy atom. The van der Waals surface area contributed by atoms with Gasteiger partial charge in [0.1, 0.15) is 10.6 Å². The summed E-state index contributed by atoms with van der Waals surface area (Å²) in [4.78, 5) is 28.3. The lowest BCUT2D eigenvalue weighted by Crippen LogP contribution is -2.50. The van der Waals surface area contributed by atoms with E-state index in [0.717, 1.165) is 24.1 Å². The zero-order valence-electron chi connectivity index (χ0n) is 17.8. The second-order valence-electron chi connectivity index (χ2n) is 8.31. The zero-order chi connectivity index (χ0) is 22.3. The molecule has 4 rings (SSSR count). The average Bonchev–Trinajstić information content (AvgIpc) is 3.36. The van der Waals surface area contributed by atoms with E-state index in [9.17, 15) is 18.0 Å². The highest BCUT2D eigenvalue weighted by Gasteiger charge is 2.33. The molecule has 0 saturated carbocycles. The number of primary amides is 1. The summed E-state index contributed by atoms with van der Waals surface area (Å²) in [5.74, 6) is 0.00959. The summed E-state index contributed by atoms with van der Waals surface area (Å²) in [5, 5.41) is 0. The number of nitrogens with two attached hydrogens (primary N) is 1. The molecule has 3 heterocycles. The minimum atomic E-state index is -3.75. The molecule has 31 heavy (non-hydrogen) atoms. The highest BCUT2D eigenvalue weighted by Crippen LogP contribution is 2.34. The molecular formula is C21H28N4O4S2. The van der Waals surface area contributed by atoms with Gasteiger partial charge in [-0.25, -0.2) is 8.42 Å². The fraction of sp³-hybridized carbons (Fsp3) is 0.524. The van der Waals surface area contributed by atoms with Crippen LogP contribution in [0, 0.1) is 5.92 Å². The largest absolute Gasteiger partial charge is 0.364 e. The molecule has 2 N–H and O–H groups in total. The number of carbonyl (C=O) groups is 2. The van der Waals surface area contributed by atoms with Gasteiger partial charge < -0.3 is 15.2 Å². The van der Waals surface area contributed by atoms with Crippen molar-refractivity contribution in [3.63, 3.8) is 0 Å². The molecule has 2 amide bonds. The zero-order valence-corrected chi connectivity index (χ0v) is 19.5. The molecule has 168 valence electrons. The van der Waals surface area contributed by atoms with Crippen LogP contribution in [-0.4, -0.2) is 60.2 Å². The minimum absolute atomic E-state index is 0.0137. The molecule has 0 spiro atoms. The lowest BCUT2D eigenvalue weighted by atomic mass is 9.87. The molecule has 1 aliphatic carbocycles. The molecule has 8 nitrogen and oxygen atoms in total. The predicted molar refractivity (Wildman–Crippen MR) is 119 cm³/mol. The number of thiophene rings is 1. The summed E-state index contributed by atoms with van der Waals surface area (Å²) in [5.41, 5.74) is 6.74. The molecule has 0 unspecified atom stereocenters. The summed E-state index contributed by atoms with van der Waals surface area (Å²) in [6, 6.07) is 3.34. The molecule has 2 aromatic rings. The van der Waals surface area contributed by atoms with Crippen molar-refractivity contribution in [2.45, 2.75) is 37.5 Å². The summed E-state index contributed by atoms with van der Waals surface area (Å²) in [6.45, 7) is 3.34. The van der Waals surface area contributed by atoms with Crippen LogP contribution in [-0.2, 0) is 29.9 Å². The first-order valence-electron chi connectivity index (χ1n) is 10.6. The van der Waals surface area contributed by atoms with Crippen LogP contribution in [0.1, 0.15) is 50.4 Å². The number of aryl methyl sites for hydroxylation is 2. The second-order valence-corrected chi connectivity index (χ2v) is 11.4. The lowest BCUT2D eigenvalue weighted by Gasteiger charge is -2.33. The number of aromatic nitrogens is 1. The first-order chi connectivity index (χ1) is 14.7. The van der Waals surface area contributed by atoms with Gasteiger partial charge in [0.15, 0.2) is 0 Å². The normalized spacial score (nSPS) is 19.9. The summed E-state index contributed by atoms with van der Waals surface area (Å²) < 4.78 is 28.7. The summed E-state index contributed by atoms with van der Waals surface area (Å²) in [6.07, 6.45) is 5.84. The average molecular weight is 465 g/mol. The maximum absolute atomic E-state index is 13.0. The Kier molecular flexibility index (Phi) is 5.97. The number of piperazine rings is 1. The van der Waals surface area contributed by atoms with Gasteiger partial charge in [0.2, 0.25) is 10.0 Å². The Hall–Kier alpha value is -2.17. The number of rotatable bonds is 5. The monoisotopic (exact) mass is 464 g/mol. The first kappa shape index (κ1) is 22.0. The van der Waals surface area contributed by atoms with Crippen LogP contribution in [0.15, 0.2) is 23.2 Å². The lowest BCUT2D eigenvalue weighted by molar-refractivity contribution is 0.0702. The Morgan fingerprint density at radius 1 is 1.19 bits per heavy atom. The van der Waals surface area contributed by atoms with E-state index in [1.807, 2.05) is 6.07 Å². The number of hydrogen-bond acceptors (Lipinski definition) is 5. The van der Waals surface area contributed by atoms with E-state index in [4.69, 9.17) is 5.73 Å².